The lowest BCUT2D eigenvalue weighted by atomic mass is 9.80. The first-order valence-corrected chi connectivity index (χ1v) is 15.6. The number of hydrogen-bond acceptors (Lipinski definition) is 4. The van der Waals surface area contributed by atoms with Crippen molar-refractivity contribution in [1.82, 2.24) is 14.6 Å². The van der Waals surface area contributed by atoms with Crippen LogP contribution in [0.2, 0.25) is 0 Å². The Balaban J connectivity index is 1.55. The summed E-state index contributed by atoms with van der Waals surface area (Å²) in [6.07, 6.45) is 1.59. The van der Waals surface area contributed by atoms with Crippen molar-refractivity contribution >= 4 is 32.7 Å². The summed E-state index contributed by atoms with van der Waals surface area (Å²) in [5.41, 5.74) is 2.57. The molecule has 3 N–H and O–H groups in total. The molecule has 226 valence electrons. The lowest BCUT2D eigenvalue weighted by Gasteiger charge is -2.32. The average Bonchev–Trinajstić information content (AvgIpc) is 3.24. The number of amides is 1. The zero-order chi connectivity index (χ0) is 30.2. The van der Waals surface area contributed by atoms with E-state index in [4.69, 9.17) is 0 Å². The van der Waals surface area contributed by atoms with E-state index in [0.29, 0.717) is 47.5 Å². The van der Waals surface area contributed by atoms with Crippen molar-refractivity contribution in [1.29, 1.82) is 0 Å². The maximum absolute atomic E-state index is 13.4. The van der Waals surface area contributed by atoms with Crippen LogP contribution in [0, 0.1) is 18.8 Å². The van der Waals surface area contributed by atoms with Gasteiger partial charge in [0.15, 0.2) is 0 Å². The first kappa shape index (κ1) is 30.1. The quantitative estimate of drug-likeness (QED) is 0.292. The number of benzene rings is 2. The van der Waals surface area contributed by atoms with Crippen LogP contribution in [-0.4, -0.2) is 48.7 Å². The van der Waals surface area contributed by atoms with Gasteiger partial charge in [-0.15, -0.1) is 0 Å². The first-order chi connectivity index (χ1) is 19.8. The normalized spacial score (nSPS) is 19.9. The topological polar surface area (TPSA) is 118 Å². The van der Waals surface area contributed by atoms with Crippen LogP contribution in [0.5, 0.6) is 0 Å². The molecule has 1 amide bonds. The van der Waals surface area contributed by atoms with E-state index in [0.717, 1.165) is 31.4 Å². The van der Waals surface area contributed by atoms with E-state index in [-0.39, 0.29) is 22.2 Å². The summed E-state index contributed by atoms with van der Waals surface area (Å²) in [7, 11) is -4.47. The number of rotatable bonds is 9. The highest BCUT2D eigenvalue weighted by Crippen LogP contribution is 2.37. The molecule has 8 nitrogen and oxygen atoms in total. The molecule has 0 aliphatic heterocycles. The van der Waals surface area contributed by atoms with Crippen molar-refractivity contribution in [3.63, 3.8) is 0 Å². The van der Waals surface area contributed by atoms with Gasteiger partial charge in [-0.3, -0.25) is 9.59 Å². The Labute approximate surface area is 242 Å². The number of carboxylic acids is 1. The van der Waals surface area contributed by atoms with Crippen LogP contribution in [0.25, 0.3) is 22.0 Å². The lowest BCUT2D eigenvalue weighted by molar-refractivity contribution is -0.145. The minimum atomic E-state index is -4.70. The number of hydrogen-bond donors (Lipinski definition) is 3. The van der Waals surface area contributed by atoms with Crippen molar-refractivity contribution in [2.24, 2.45) is 11.8 Å². The van der Waals surface area contributed by atoms with E-state index in [9.17, 15) is 36.3 Å². The van der Waals surface area contributed by atoms with Gasteiger partial charge in [0, 0.05) is 34.9 Å². The highest BCUT2D eigenvalue weighted by atomic mass is 32.2. The predicted octanol–water partition coefficient (Wildman–Crippen LogP) is 5.63. The number of nitrogens with zero attached hydrogens (tertiary/aromatic N) is 1. The fourth-order valence-electron chi connectivity index (χ4n) is 6.15. The number of fused-ring (bicyclic) bond motifs is 1. The molecule has 2 aromatic carbocycles. The molecule has 0 unspecified atom stereocenters. The van der Waals surface area contributed by atoms with E-state index in [1.54, 1.807) is 41.1 Å². The van der Waals surface area contributed by atoms with Gasteiger partial charge in [0.1, 0.15) is 6.54 Å². The van der Waals surface area contributed by atoms with Crippen LogP contribution < -0.4 is 10.0 Å². The fraction of sp³-hybridized carbons (Fsp3) is 0.467. The highest BCUT2D eigenvalue weighted by molar-refractivity contribution is 7.89. The molecule has 0 saturated heterocycles. The number of nitrogens with one attached hydrogen (secondary N) is 2. The number of carbonyl (C=O) groups is 2. The minimum Gasteiger partial charge on any atom is -0.481 e. The van der Waals surface area contributed by atoms with Gasteiger partial charge >= 0.3 is 12.1 Å². The van der Waals surface area contributed by atoms with E-state index < -0.39 is 34.6 Å². The SMILES string of the molecule is Cc1c(C(=O)NC2CC(C(=O)O)C2)cc(-c2ccc(S(=O)(=O)NCC(F)(F)F)c3ccccc23)n1CC1CCCCC1. The maximum atomic E-state index is 13.4. The monoisotopic (exact) mass is 605 g/mol. The Morgan fingerprint density at radius 2 is 1.69 bits per heavy atom. The molecular weight excluding hydrogens is 571 g/mol. The maximum Gasteiger partial charge on any atom is 0.402 e. The number of carboxylic acid groups (broad SMARTS) is 1. The van der Waals surface area contributed by atoms with Crippen LogP contribution >= 0.6 is 0 Å². The van der Waals surface area contributed by atoms with Crippen LogP contribution in [0.4, 0.5) is 13.2 Å². The second kappa shape index (κ2) is 11.7. The van der Waals surface area contributed by atoms with Gasteiger partial charge < -0.3 is 15.0 Å². The number of halogens is 3. The predicted molar refractivity (Wildman–Crippen MR) is 152 cm³/mol. The average molecular weight is 606 g/mol. The van der Waals surface area contributed by atoms with E-state index in [2.05, 4.69) is 9.88 Å². The number of aromatic nitrogens is 1. The Morgan fingerprint density at radius 3 is 2.33 bits per heavy atom. The molecule has 0 spiro atoms. The molecule has 0 radical (unpaired) electrons. The minimum absolute atomic E-state index is 0.224. The van der Waals surface area contributed by atoms with Crippen molar-refractivity contribution in [3.8, 4) is 11.3 Å². The lowest BCUT2D eigenvalue weighted by Crippen LogP contribution is -2.46. The molecule has 42 heavy (non-hydrogen) atoms. The molecule has 3 aromatic rings. The molecule has 2 aliphatic rings. The summed E-state index contributed by atoms with van der Waals surface area (Å²) in [5.74, 6) is -1.23. The summed E-state index contributed by atoms with van der Waals surface area (Å²) in [6, 6.07) is 11.1. The van der Waals surface area contributed by atoms with Crippen LogP contribution in [0.1, 0.15) is 61.0 Å². The van der Waals surface area contributed by atoms with E-state index >= 15 is 0 Å². The second-order valence-corrected chi connectivity index (χ2v) is 13.2. The molecule has 2 saturated carbocycles. The van der Waals surface area contributed by atoms with Crippen molar-refractivity contribution in [2.45, 2.75) is 75.5 Å². The molecule has 1 aromatic heterocycles. The zero-order valence-corrected chi connectivity index (χ0v) is 24.0. The molecule has 5 rings (SSSR count). The van der Waals surface area contributed by atoms with E-state index in [1.807, 2.05) is 6.92 Å². The number of aliphatic carboxylic acids is 1. The molecule has 1 heterocycles. The summed E-state index contributed by atoms with van der Waals surface area (Å²) in [5, 5.41) is 12.9. The third kappa shape index (κ3) is 6.34. The zero-order valence-electron chi connectivity index (χ0n) is 23.2. The summed E-state index contributed by atoms with van der Waals surface area (Å²) < 4.78 is 68.0. The highest BCUT2D eigenvalue weighted by Gasteiger charge is 2.36. The van der Waals surface area contributed by atoms with Gasteiger partial charge in [0.25, 0.3) is 5.91 Å². The summed E-state index contributed by atoms with van der Waals surface area (Å²) >= 11 is 0. The van der Waals surface area contributed by atoms with Crippen LogP contribution in [0.15, 0.2) is 47.4 Å². The Morgan fingerprint density at radius 1 is 1.02 bits per heavy atom. The standard InChI is InChI=1S/C30H34F3N3O5S/c1-18-25(28(37)35-21-13-20(14-21)29(38)39)15-26(36(18)16-19-7-3-2-4-8-19)23-11-12-27(24-10-6-5-9-22(23)24)42(40,41)34-17-30(31,32)33/h5-6,9-12,15,19-21,34H,2-4,7-8,13-14,16-17H2,1H3,(H,35,37)(H,38,39). The van der Waals surface area contributed by atoms with Crippen molar-refractivity contribution in [3.05, 3.63) is 53.7 Å². The molecule has 2 aliphatic carbocycles. The summed E-state index contributed by atoms with van der Waals surface area (Å²) in [4.78, 5) is 24.3. The van der Waals surface area contributed by atoms with Gasteiger partial charge in [-0.25, -0.2) is 13.1 Å². The molecular formula is C30H34F3N3O5S. The summed E-state index contributed by atoms with van der Waals surface area (Å²) in [6.45, 7) is 0.853. The fourth-order valence-corrected chi connectivity index (χ4v) is 7.37. The van der Waals surface area contributed by atoms with Gasteiger partial charge in [-0.05, 0) is 56.0 Å². The first-order valence-electron chi connectivity index (χ1n) is 14.2. The van der Waals surface area contributed by atoms with Gasteiger partial charge in [-0.1, -0.05) is 49.6 Å². The molecule has 2 fully saturated rings. The van der Waals surface area contributed by atoms with E-state index in [1.165, 1.54) is 12.5 Å². The van der Waals surface area contributed by atoms with Crippen LogP contribution in [-0.2, 0) is 21.4 Å². The van der Waals surface area contributed by atoms with Crippen molar-refractivity contribution in [2.75, 3.05) is 6.54 Å². The van der Waals surface area contributed by atoms with Crippen molar-refractivity contribution < 1.29 is 36.3 Å². The Kier molecular flexibility index (Phi) is 8.39. The molecule has 12 heteroatoms. The second-order valence-electron chi connectivity index (χ2n) is 11.4. The molecule has 0 atom stereocenters. The number of sulfonamides is 1. The largest absolute Gasteiger partial charge is 0.481 e. The third-order valence-electron chi connectivity index (χ3n) is 8.51. The Bertz CT molecular complexity index is 1600. The number of alkyl halides is 3. The molecule has 0 bridgehead atoms. The smallest absolute Gasteiger partial charge is 0.402 e. The number of carbonyl (C=O) groups excluding carboxylic acids is 1. The van der Waals surface area contributed by atoms with Gasteiger partial charge in [0.05, 0.1) is 16.4 Å². The third-order valence-corrected chi connectivity index (χ3v) is 9.97. The van der Waals surface area contributed by atoms with Crippen LogP contribution in [0.3, 0.4) is 0 Å². The van der Waals surface area contributed by atoms with Gasteiger partial charge in [-0.2, -0.15) is 13.2 Å². The Hall–Kier alpha value is -3.38. The van der Waals surface area contributed by atoms with Gasteiger partial charge in [0.2, 0.25) is 10.0 Å².